The van der Waals surface area contributed by atoms with Gasteiger partial charge in [-0.3, -0.25) is 0 Å². The Morgan fingerprint density at radius 3 is 2.58 bits per heavy atom. The van der Waals surface area contributed by atoms with Crippen molar-refractivity contribution in [1.82, 2.24) is 5.32 Å². The van der Waals surface area contributed by atoms with Gasteiger partial charge in [0.2, 0.25) is 0 Å². The maximum absolute atomic E-state index is 11.8. The van der Waals surface area contributed by atoms with Crippen LogP contribution in [0.3, 0.4) is 0 Å². The van der Waals surface area contributed by atoms with Crippen molar-refractivity contribution in [3.63, 3.8) is 0 Å². The molecule has 0 heterocycles. The van der Waals surface area contributed by atoms with E-state index in [9.17, 15) is 9.90 Å². The Kier molecular flexibility index (Phi) is 5.83. The second-order valence-corrected chi connectivity index (χ2v) is 5.34. The second-order valence-electron chi connectivity index (χ2n) is 5.34. The first kappa shape index (κ1) is 15.5. The number of aliphatic hydroxyl groups is 1. The third-order valence-electron chi connectivity index (χ3n) is 2.98. The molecule has 4 heteroatoms. The quantitative estimate of drug-likeness (QED) is 0.766. The molecule has 2 unspecified atom stereocenters. The highest BCUT2D eigenvalue weighted by molar-refractivity contribution is 5.90. The van der Waals surface area contributed by atoms with E-state index in [2.05, 4.69) is 10.6 Å². The molecular weight excluding hydrogens is 240 g/mol. The average molecular weight is 264 g/mol. The summed E-state index contributed by atoms with van der Waals surface area (Å²) in [5, 5.41) is 14.9. The molecule has 0 aliphatic rings. The summed E-state index contributed by atoms with van der Waals surface area (Å²) in [6.07, 6.45) is 0.350. The lowest BCUT2D eigenvalue weighted by Crippen LogP contribution is -2.33. The summed E-state index contributed by atoms with van der Waals surface area (Å²) in [6, 6.07) is 5.71. The zero-order valence-corrected chi connectivity index (χ0v) is 12.2. The van der Waals surface area contributed by atoms with Crippen molar-refractivity contribution in [3.8, 4) is 0 Å². The molecule has 4 nitrogen and oxygen atoms in total. The summed E-state index contributed by atoms with van der Waals surface area (Å²) in [6.45, 7) is 8.31. The van der Waals surface area contributed by atoms with E-state index in [-0.39, 0.29) is 18.1 Å². The van der Waals surface area contributed by atoms with E-state index in [1.54, 1.807) is 6.92 Å². The average Bonchev–Trinajstić information content (AvgIpc) is 2.29. The van der Waals surface area contributed by atoms with E-state index >= 15 is 0 Å². The Morgan fingerprint density at radius 2 is 2.00 bits per heavy atom. The molecule has 0 bridgehead atoms. The molecule has 3 N–H and O–H groups in total. The normalized spacial score (nSPS) is 13.7. The van der Waals surface area contributed by atoms with Crippen LogP contribution in [0.15, 0.2) is 18.2 Å². The number of carbonyl (C=O) groups is 1. The van der Waals surface area contributed by atoms with Gasteiger partial charge in [-0.25, -0.2) is 4.79 Å². The first-order chi connectivity index (χ1) is 8.88. The summed E-state index contributed by atoms with van der Waals surface area (Å²) in [5.74, 6) is 0.255. The minimum Gasteiger partial charge on any atom is -0.393 e. The van der Waals surface area contributed by atoms with Crippen molar-refractivity contribution in [1.29, 1.82) is 0 Å². The number of urea groups is 1. The first-order valence-corrected chi connectivity index (χ1v) is 6.68. The van der Waals surface area contributed by atoms with Crippen molar-refractivity contribution in [2.24, 2.45) is 5.92 Å². The number of anilines is 1. The van der Waals surface area contributed by atoms with E-state index in [0.29, 0.717) is 13.0 Å². The zero-order valence-electron chi connectivity index (χ0n) is 12.2. The van der Waals surface area contributed by atoms with Crippen molar-refractivity contribution in [2.45, 2.75) is 40.2 Å². The molecule has 0 fully saturated rings. The maximum Gasteiger partial charge on any atom is 0.319 e. The lowest BCUT2D eigenvalue weighted by molar-refractivity contribution is 0.163. The van der Waals surface area contributed by atoms with E-state index < -0.39 is 0 Å². The number of rotatable bonds is 5. The predicted molar refractivity (Wildman–Crippen MR) is 78.4 cm³/mol. The molecular formula is C15H24N2O2. The number of aliphatic hydroxyl groups excluding tert-OH is 1. The van der Waals surface area contributed by atoms with Crippen LogP contribution in [0.25, 0.3) is 0 Å². The van der Waals surface area contributed by atoms with Crippen LogP contribution in [0.2, 0.25) is 0 Å². The fourth-order valence-corrected chi connectivity index (χ4v) is 2.05. The molecule has 1 rings (SSSR count). The Morgan fingerprint density at radius 1 is 1.32 bits per heavy atom. The van der Waals surface area contributed by atoms with Gasteiger partial charge in [-0.05, 0) is 44.7 Å². The SMILES string of the molecule is Cc1ccc(NC(=O)NCC(C)CC(C)O)c(C)c1. The molecule has 1 aromatic carbocycles. The van der Waals surface area contributed by atoms with Crippen LogP contribution in [-0.2, 0) is 0 Å². The number of benzene rings is 1. The predicted octanol–water partition coefficient (Wildman–Crippen LogP) is 2.83. The van der Waals surface area contributed by atoms with Gasteiger partial charge >= 0.3 is 6.03 Å². The monoisotopic (exact) mass is 264 g/mol. The number of hydrogen-bond acceptors (Lipinski definition) is 2. The van der Waals surface area contributed by atoms with Crippen LogP contribution in [0.5, 0.6) is 0 Å². The lowest BCUT2D eigenvalue weighted by Gasteiger charge is -2.15. The van der Waals surface area contributed by atoms with Crippen LogP contribution in [0, 0.1) is 19.8 Å². The summed E-state index contributed by atoms with van der Waals surface area (Å²) in [5.41, 5.74) is 3.05. The van der Waals surface area contributed by atoms with Gasteiger partial charge in [0.25, 0.3) is 0 Å². The van der Waals surface area contributed by atoms with E-state index in [1.165, 1.54) is 5.56 Å². The topological polar surface area (TPSA) is 61.4 Å². The van der Waals surface area contributed by atoms with Gasteiger partial charge in [-0.1, -0.05) is 24.6 Å². The summed E-state index contributed by atoms with van der Waals surface area (Å²) in [4.78, 5) is 11.8. The summed E-state index contributed by atoms with van der Waals surface area (Å²) in [7, 11) is 0. The minimum absolute atomic E-state index is 0.204. The third-order valence-corrected chi connectivity index (χ3v) is 2.98. The molecule has 0 spiro atoms. The number of hydrogen-bond donors (Lipinski definition) is 3. The van der Waals surface area contributed by atoms with Gasteiger partial charge in [-0.15, -0.1) is 0 Å². The van der Waals surface area contributed by atoms with Crippen LogP contribution in [0.4, 0.5) is 10.5 Å². The van der Waals surface area contributed by atoms with Gasteiger partial charge in [-0.2, -0.15) is 0 Å². The molecule has 106 valence electrons. The van der Waals surface area contributed by atoms with Crippen molar-refractivity contribution in [2.75, 3.05) is 11.9 Å². The molecule has 1 aromatic rings. The molecule has 2 atom stereocenters. The van der Waals surface area contributed by atoms with Gasteiger partial charge in [0.15, 0.2) is 0 Å². The second kappa shape index (κ2) is 7.14. The zero-order chi connectivity index (χ0) is 14.4. The van der Waals surface area contributed by atoms with Crippen molar-refractivity contribution in [3.05, 3.63) is 29.3 Å². The van der Waals surface area contributed by atoms with Crippen LogP contribution in [-0.4, -0.2) is 23.8 Å². The Labute approximate surface area is 115 Å². The third kappa shape index (κ3) is 5.75. The molecule has 0 saturated heterocycles. The number of aryl methyl sites for hydroxylation is 2. The molecule has 0 aromatic heterocycles. The molecule has 0 aliphatic carbocycles. The van der Waals surface area contributed by atoms with Gasteiger partial charge in [0.05, 0.1) is 6.10 Å². The highest BCUT2D eigenvalue weighted by atomic mass is 16.3. The maximum atomic E-state index is 11.8. The van der Waals surface area contributed by atoms with Crippen LogP contribution >= 0.6 is 0 Å². The smallest absolute Gasteiger partial charge is 0.319 e. The van der Waals surface area contributed by atoms with E-state index in [4.69, 9.17) is 0 Å². The molecule has 0 aliphatic heterocycles. The standard InChI is InChI=1S/C15H24N2O2/c1-10-5-6-14(12(3)7-10)17-15(19)16-9-11(2)8-13(4)18/h5-7,11,13,18H,8-9H2,1-4H3,(H2,16,17,19). The van der Waals surface area contributed by atoms with E-state index in [1.807, 2.05) is 39.0 Å². The minimum atomic E-state index is -0.334. The molecule has 0 radical (unpaired) electrons. The van der Waals surface area contributed by atoms with Crippen molar-refractivity contribution < 1.29 is 9.90 Å². The number of carbonyl (C=O) groups excluding carboxylic acids is 1. The molecule has 19 heavy (non-hydrogen) atoms. The Balaban J connectivity index is 2.43. The Bertz CT molecular complexity index is 430. The van der Waals surface area contributed by atoms with Crippen LogP contribution in [0.1, 0.15) is 31.4 Å². The highest BCUT2D eigenvalue weighted by Crippen LogP contribution is 2.15. The Hall–Kier alpha value is -1.55. The lowest BCUT2D eigenvalue weighted by atomic mass is 10.1. The molecule has 0 saturated carbocycles. The summed E-state index contributed by atoms with van der Waals surface area (Å²) < 4.78 is 0. The van der Waals surface area contributed by atoms with Crippen LogP contribution < -0.4 is 10.6 Å². The summed E-state index contributed by atoms with van der Waals surface area (Å²) >= 11 is 0. The van der Waals surface area contributed by atoms with Gasteiger partial charge in [0.1, 0.15) is 0 Å². The fraction of sp³-hybridized carbons (Fsp3) is 0.533. The van der Waals surface area contributed by atoms with Crippen molar-refractivity contribution >= 4 is 11.7 Å². The first-order valence-electron chi connectivity index (χ1n) is 6.68. The van der Waals surface area contributed by atoms with Gasteiger partial charge < -0.3 is 15.7 Å². The highest BCUT2D eigenvalue weighted by Gasteiger charge is 2.09. The molecule has 2 amide bonds. The van der Waals surface area contributed by atoms with E-state index in [0.717, 1.165) is 11.3 Å². The fourth-order valence-electron chi connectivity index (χ4n) is 2.05. The number of amides is 2. The largest absolute Gasteiger partial charge is 0.393 e. The number of nitrogens with one attached hydrogen (secondary N) is 2. The van der Waals surface area contributed by atoms with Gasteiger partial charge in [0, 0.05) is 12.2 Å².